The first kappa shape index (κ1) is 14.4. The topological polar surface area (TPSA) is 35.5 Å². The Kier molecular flexibility index (Phi) is 4.60. The molecule has 0 fully saturated rings. The van der Waals surface area contributed by atoms with E-state index < -0.39 is 40.6 Å². The summed E-state index contributed by atoms with van der Waals surface area (Å²) in [6, 6.07) is 0. The van der Waals surface area contributed by atoms with E-state index in [0.29, 0.717) is 0 Å². The van der Waals surface area contributed by atoms with Crippen LogP contribution >= 0.6 is 0 Å². The summed E-state index contributed by atoms with van der Waals surface area (Å²) in [6.07, 6.45) is 0. The van der Waals surface area contributed by atoms with Crippen molar-refractivity contribution in [1.29, 1.82) is 0 Å². The summed E-state index contributed by atoms with van der Waals surface area (Å²) >= 11 is 0. The van der Waals surface area contributed by atoms with Gasteiger partial charge in [-0.15, -0.1) is 0 Å². The molecule has 1 aromatic rings. The van der Waals surface area contributed by atoms with Gasteiger partial charge in [-0.2, -0.15) is 0 Å². The van der Waals surface area contributed by atoms with E-state index >= 15 is 0 Å². The van der Waals surface area contributed by atoms with E-state index in [0.717, 1.165) is 0 Å². The summed E-state index contributed by atoms with van der Waals surface area (Å²) in [7, 11) is 1.27. The first-order chi connectivity index (χ1) is 8.41. The van der Waals surface area contributed by atoms with Crippen molar-refractivity contribution in [2.75, 3.05) is 20.3 Å². The molecule has 0 spiro atoms. The molecule has 100 valence electrons. The van der Waals surface area contributed by atoms with Crippen molar-refractivity contribution in [2.45, 2.75) is 0 Å². The van der Waals surface area contributed by atoms with E-state index in [9.17, 15) is 26.7 Å². The summed E-state index contributed by atoms with van der Waals surface area (Å²) in [5.41, 5.74) is -1.62. The molecule has 0 bridgehead atoms. The standard InChI is InChI=1S/C10H7F5O3/c1-17-2-3-18-10(16)4-5(11)7(13)9(15)8(14)6(4)12/h2-3H2,1H3. The van der Waals surface area contributed by atoms with Crippen molar-refractivity contribution in [3.05, 3.63) is 34.6 Å². The molecule has 0 unspecified atom stereocenters. The van der Waals surface area contributed by atoms with E-state index in [1.807, 2.05) is 0 Å². The Bertz CT molecular complexity index is 446. The molecule has 3 nitrogen and oxygen atoms in total. The minimum atomic E-state index is -2.33. The molecule has 1 aromatic carbocycles. The molecule has 0 amide bonds. The molecule has 0 aromatic heterocycles. The second-order valence-electron chi connectivity index (χ2n) is 3.07. The minimum absolute atomic E-state index is 0.0822. The second-order valence-corrected chi connectivity index (χ2v) is 3.07. The smallest absolute Gasteiger partial charge is 0.344 e. The number of halogens is 5. The molecule has 1 rings (SSSR count). The number of benzene rings is 1. The van der Waals surface area contributed by atoms with E-state index in [1.165, 1.54) is 7.11 Å². The average molecular weight is 270 g/mol. The van der Waals surface area contributed by atoms with Gasteiger partial charge in [-0.05, 0) is 0 Å². The second kappa shape index (κ2) is 5.76. The van der Waals surface area contributed by atoms with Crippen LogP contribution in [-0.2, 0) is 9.47 Å². The highest BCUT2D eigenvalue weighted by Crippen LogP contribution is 2.23. The Hall–Kier alpha value is -1.70. The molecule has 18 heavy (non-hydrogen) atoms. The van der Waals surface area contributed by atoms with Crippen LogP contribution in [0.5, 0.6) is 0 Å². The number of rotatable bonds is 4. The number of esters is 1. The highest BCUT2D eigenvalue weighted by atomic mass is 19.2. The lowest BCUT2D eigenvalue weighted by molar-refractivity contribution is 0.0374. The zero-order chi connectivity index (χ0) is 13.9. The molecule has 0 aliphatic carbocycles. The highest BCUT2D eigenvalue weighted by molar-refractivity contribution is 5.90. The van der Waals surface area contributed by atoms with Gasteiger partial charge in [0.2, 0.25) is 5.82 Å². The van der Waals surface area contributed by atoms with Crippen molar-refractivity contribution in [3.8, 4) is 0 Å². The van der Waals surface area contributed by atoms with Crippen LogP contribution in [0.2, 0.25) is 0 Å². The van der Waals surface area contributed by atoms with Gasteiger partial charge < -0.3 is 9.47 Å². The highest BCUT2D eigenvalue weighted by Gasteiger charge is 2.30. The van der Waals surface area contributed by atoms with Gasteiger partial charge in [0, 0.05) is 7.11 Å². The first-order valence-electron chi connectivity index (χ1n) is 4.59. The van der Waals surface area contributed by atoms with Crippen LogP contribution in [0.1, 0.15) is 10.4 Å². The summed E-state index contributed by atoms with van der Waals surface area (Å²) in [5, 5.41) is 0. The van der Waals surface area contributed by atoms with Crippen LogP contribution in [0.4, 0.5) is 22.0 Å². The Morgan fingerprint density at radius 1 is 0.889 bits per heavy atom. The Morgan fingerprint density at radius 2 is 1.33 bits per heavy atom. The molecule has 0 saturated heterocycles. The zero-order valence-corrected chi connectivity index (χ0v) is 9.03. The fourth-order valence-electron chi connectivity index (χ4n) is 1.07. The van der Waals surface area contributed by atoms with E-state index in [-0.39, 0.29) is 13.2 Å². The van der Waals surface area contributed by atoms with Gasteiger partial charge in [0.15, 0.2) is 23.3 Å². The lowest BCUT2D eigenvalue weighted by atomic mass is 10.1. The molecular weight excluding hydrogens is 263 g/mol. The number of carbonyl (C=O) groups excluding carboxylic acids is 1. The largest absolute Gasteiger partial charge is 0.459 e. The third-order valence-corrected chi connectivity index (χ3v) is 1.93. The zero-order valence-electron chi connectivity index (χ0n) is 9.03. The van der Waals surface area contributed by atoms with E-state index in [1.54, 1.807) is 0 Å². The third kappa shape index (κ3) is 2.58. The predicted octanol–water partition coefficient (Wildman–Crippen LogP) is 2.19. The SMILES string of the molecule is COCCOC(=O)c1c(F)c(F)c(F)c(F)c1F. The predicted molar refractivity (Wildman–Crippen MR) is 48.4 cm³/mol. The summed E-state index contributed by atoms with van der Waals surface area (Å²) in [5.74, 6) is -12.8. The molecule has 0 atom stereocenters. The van der Waals surface area contributed by atoms with Crippen molar-refractivity contribution < 1.29 is 36.2 Å². The van der Waals surface area contributed by atoms with Crippen LogP contribution in [-0.4, -0.2) is 26.3 Å². The summed E-state index contributed by atoms with van der Waals surface area (Å²) in [6.45, 7) is -0.462. The van der Waals surface area contributed by atoms with Crippen molar-refractivity contribution >= 4 is 5.97 Å². The molecule has 0 heterocycles. The van der Waals surface area contributed by atoms with Gasteiger partial charge in [-0.1, -0.05) is 0 Å². The van der Waals surface area contributed by atoms with Crippen LogP contribution in [0.15, 0.2) is 0 Å². The van der Waals surface area contributed by atoms with Gasteiger partial charge >= 0.3 is 5.97 Å². The maximum absolute atomic E-state index is 13.1. The Morgan fingerprint density at radius 3 is 1.78 bits per heavy atom. The minimum Gasteiger partial charge on any atom is -0.459 e. The monoisotopic (exact) mass is 270 g/mol. The first-order valence-corrected chi connectivity index (χ1v) is 4.59. The van der Waals surface area contributed by atoms with Crippen LogP contribution < -0.4 is 0 Å². The number of carbonyl (C=O) groups is 1. The molecule has 0 aliphatic rings. The fraction of sp³-hybridized carbons (Fsp3) is 0.300. The van der Waals surface area contributed by atoms with Gasteiger partial charge in [0.25, 0.3) is 0 Å². The number of methoxy groups -OCH3 is 1. The van der Waals surface area contributed by atoms with Gasteiger partial charge in [-0.3, -0.25) is 0 Å². The molecule has 0 saturated carbocycles. The quantitative estimate of drug-likeness (QED) is 0.276. The maximum atomic E-state index is 13.1. The van der Waals surface area contributed by atoms with Gasteiger partial charge in [0.1, 0.15) is 12.2 Å². The molecular formula is C10H7F5O3. The molecule has 0 radical (unpaired) electrons. The van der Waals surface area contributed by atoms with E-state index in [2.05, 4.69) is 9.47 Å². The van der Waals surface area contributed by atoms with Gasteiger partial charge in [-0.25, -0.2) is 26.7 Å². The van der Waals surface area contributed by atoms with Crippen molar-refractivity contribution in [1.82, 2.24) is 0 Å². The van der Waals surface area contributed by atoms with Crippen molar-refractivity contribution in [3.63, 3.8) is 0 Å². The van der Waals surface area contributed by atoms with Crippen LogP contribution in [0, 0.1) is 29.1 Å². The van der Waals surface area contributed by atoms with E-state index in [4.69, 9.17) is 0 Å². The lowest BCUT2D eigenvalue weighted by Crippen LogP contribution is -2.17. The average Bonchev–Trinajstić information content (AvgIpc) is 2.34. The fourth-order valence-corrected chi connectivity index (χ4v) is 1.07. The Balaban J connectivity index is 3.13. The van der Waals surface area contributed by atoms with Crippen LogP contribution in [0.25, 0.3) is 0 Å². The summed E-state index contributed by atoms with van der Waals surface area (Å²) < 4.78 is 73.2. The van der Waals surface area contributed by atoms with Crippen molar-refractivity contribution in [2.24, 2.45) is 0 Å². The van der Waals surface area contributed by atoms with Crippen LogP contribution in [0.3, 0.4) is 0 Å². The van der Waals surface area contributed by atoms with Gasteiger partial charge in [0.05, 0.1) is 6.61 Å². The molecule has 8 heteroatoms. The Labute approximate surface area is 98.1 Å². The molecule has 0 N–H and O–H groups in total. The third-order valence-electron chi connectivity index (χ3n) is 1.93. The number of hydrogen-bond donors (Lipinski definition) is 0. The molecule has 0 aliphatic heterocycles. The maximum Gasteiger partial charge on any atom is 0.344 e. The normalized spacial score (nSPS) is 10.6. The number of hydrogen-bond acceptors (Lipinski definition) is 3. The lowest BCUT2D eigenvalue weighted by Gasteiger charge is -2.08. The summed E-state index contributed by atoms with van der Waals surface area (Å²) in [4.78, 5) is 11.2. The number of ether oxygens (including phenoxy) is 2.